The molecule has 0 radical (unpaired) electrons. The average molecular weight is 258 g/mol. The molecule has 1 aliphatic carbocycles. The maximum absolute atomic E-state index is 13.4. The lowest BCUT2D eigenvalue weighted by atomic mass is 9.84. The lowest BCUT2D eigenvalue weighted by Crippen LogP contribution is -2.18. The van der Waals surface area contributed by atoms with Crippen molar-refractivity contribution in [1.82, 2.24) is 10.3 Å². The Kier molecular flexibility index (Phi) is 3.28. The highest BCUT2D eigenvalue weighted by Gasteiger charge is 2.22. The summed E-state index contributed by atoms with van der Waals surface area (Å²) in [4.78, 5) is 3.43. The zero-order chi connectivity index (χ0) is 13.2. The van der Waals surface area contributed by atoms with Crippen LogP contribution in [0.1, 0.15) is 24.1 Å². The number of aromatic nitrogens is 1. The molecule has 1 unspecified atom stereocenters. The van der Waals surface area contributed by atoms with Crippen LogP contribution in [-0.4, -0.2) is 11.5 Å². The molecule has 0 amide bonds. The largest absolute Gasteiger partial charge is 0.391 e. The Labute approximate surface area is 112 Å². The van der Waals surface area contributed by atoms with Crippen LogP contribution in [0.15, 0.2) is 31.0 Å². The van der Waals surface area contributed by atoms with Gasteiger partial charge in [-0.25, -0.2) is 4.39 Å². The second-order valence-electron chi connectivity index (χ2n) is 5.33. The number of fused-ring (bicyclic) bond motifs is 3. The van der Waals surface area contributed by atoms with Gasteiger partial charge in [-0.2, -0.15) is 0 Å². The van der Waals surface area contributed by atoms with Gasteiger partial charge in [0.05, 0.1) is 0 Å². The number of aromatic amines is 1. The van der Waals surface area contributed by atoms with E-state index < -0.39 is 0 Å². The highest BCUT2D eigenvalue weighted by atomic mass is 19.1. The zero-order valence-corrected chi connectivity index (χ0v) is 11.0. The summed E-state index contributed by atoms with van der Waals surface area (Å²) >= 11 is 0. The van der Waals surface area contributed by atoms with E-state index in [1.807, 2.05) is 6.07 Å². The molecule has 1 aromatic heterocycles. The number of benzene rings is 1. The Balaban J connectivity index is 1.84. The molecule has 19 heavy (non-hydrogen) atoms. The van der Waals surface area contributed by atoms with Gasteiger partial charge in [0.15, 0.2) is 0 Å². The van der Waals surface area contributed by atoms with Crippen LogP contribution < -0.4 is 5.32 Å². The van der Waals surface area contributed by atoms with Crippen molar-refractivity contribution in [3.8, 4) is 0 Å². The Hall–Kier alpha value is -1.77. The Morgan fingerprint density at radius 3 is 3.21 bits per heavy atom. The first-order chi connectivity index (χ1) is 9.28. The van der Waals surface area contributed by atoms with Crippen LogP contribution in [0.2, 0.25) is 0 Å². The quantitative estimate of drug-likeness (QED) is 0.807. The van der Waals surface area contributed by atoms with Crippen molar-refractivity contribution in [3.63, 3.8) is 0 Å². The molecule has 2 N–H and O–H groups in total. The van der Waals surface area contributed by atoms with Crippen molar-refractivity contribution < 1.29 is 4.39 Å². The van der Waals surface area contributed by atoms with Gasteiger partial charge in [0.1, 0.15) is 5.82 Å². The lowest BCUT2D eigenvalue weighted by Gasteiger charge is -2.22. The van der Waals surface area contributed by atoms with E-state index in [1.54, 1.807) is 12.3 Å². The molecule has 3 heteroatoms. The van der Waals surface area contributed by atoms with Crippen molar-refractivity contribution in [2.45, 2.75) is 25.7 Å². The van der Waals surface area contributed by atoms with E-state index >= 15 is 0 Å². The number of aryl methyl sites for hydroxylation is 1. The topological polar surface area (TPSA) is 27.8 Å². The molecule has 1 heterocycles. The van der Waals surface area contributed by atoms with Crippen LogP contribution in [0.25, 0.3) is 10.9 Å². The van der Waals surface area contributed by atoms with Crippen molar-refractivity contribution in [2.24, 2.45) is 5.92 Å². The summed E-state index contributed by atoms with van der Waals surface area (Å²) in [7, 11) is 0. The van der Waals surface area contributed by atoms with E-state index in [1.165, 1.54) is 23.7 Å². The van der Waals surface area contributed by atoms with E-state index in [0.717, 1.165) is 36.7 Å². The fourth-order valence-corrected chi connectivity index (χ4v) is 3.10. The molecule has 0 aliphatic heterocycles. The van der Waals surface area contributed by atoms with Gasteiger partial charge in [-0.15, -0.1) is 0 Å². The van der Waals surface area contributed by atoms with Crippen LogP contribution in [0.5, 0.6) is 0 Å². The second-order valence-corrected chi connectivity index (χ2v) is 5.33. The molecule has 3 rings (SSSR count). The van der Waals surface area contributed by atoms with Gasteiger partial charge in [-0.3, -0.25) is 0 Å². The number of rotatable bonds is 4. The fourth-order valence-electron chi connectivity index (χ4n) is 3.10. The van der Waals surface area contributed by atoms with Crippen molar-refractivity contribution in [2.75, 3.05) is 6.54 Å². The average Bonchev–Trinajstić information content (AvgIpc) is 2.77. The van der Waals surface area contributed by atoms with E-state index in [2.05, 4.69) is 16.9 Å². The molecular weight excluding hydrogens is 239 g/mol. The molecule has 100 valence electrons. The predicted octanol–water partition coefficient (Wildman–Crippen LogP) is 3.54. The number of hydrogen-bond acceptors (Lipinski definition) is 1. The molecule has 0 saturated heterocycles. The first-order valence-electron chi connectivity index (χ1n) is 6.91. The van der Waals surface area contributed by atoms with Gasteiger partial charge in [-0.05, 0) is 61.6 Å². The number of nitrogens with one attached hydrogen (secondary N) is 2. The molecule has 2 aromatic rings. The van der Waals surface area contributed by atoms with E-state index in [9.17, 15) is 4.39 Å². The van der Waals surface area contributed by atoms with Crippen LogP contribution >= 0.6 is 0 Å². The summed E-state index contributed by atoms with van der Waals surface area (Å²) < 4.78 is 13.4. The smallest absolute Gasteiger partial charge is 0.123 e. The third-order valence-corrected chi connectivity index (χ3v) is 4.09. The monoisotopic (exact) mass is 258 g/mol. The van der Waals surface area contributed by atoms with Crippen LogP contribution in [-0.2, 0) is 12.8 Å². The van der Waals surface area contributed by atoms with Gasteiger partial charge >= 0.3 is 0 Å². The maximum atomic E-state index is 13.4. The van der Waals surface area contributed by atoms with Gasteiger partial charge in [0.25, 0.3) is 0 Å². The molecule has 0 saturated carbocycles. The summed E-state index contributed by atoms with van der Waals surface area (Å²) in [5.41, 5.74) is 3.69. The van der Waals surface area contributed by atoms with Gasteiger partial charge < -0.3 is 10.3 Å². The highest BCUT2D eigenvalue weighted by molar-refractivity contribution is 5.85. The number of H-pyrrole nitrogens is 1. The SMILES string of the molecule is C=CNCCC1CCc2[nH]c3ccc(F)cc3c2C1. The number of hydrogen-bond donors (Lipinski definition) is 2. The number of halogens is 1. The minimum absolute atomic E-state index is 0.148. The summed E-state index contributed by atoms with van der Waals surface area (Å²) in [5.74, 6) is 0.534. The summed E-state index contributed by atoms with van der Waals surface area (Å²) in [6, 6.07) is 5.03. The summed E-state index contributed by atoms with van der Waals surface area (Å²) in [6.07, 6.45) is 6.23. The first kappa shape index (κ1) is 12.3. The highest BCUT2D eigenvalue weighted by Crippen LogP contribution is 2.33. The molecule has 1 aromatic carbocycles. The van der Waals surface area contributed by atoms with Gasteiger partial charge in [-0.1, -0.05) is 6.58 Å². The first-order valence-corrected chi connectivity index (χ1v) is 6.91. The van der Waals surface area contributed by atoms with E-state index in [4.69, 9.17) is 0 Å². The molecule has 1 aliphatic rings. The zero-order valence-electron chi connectivity index (χ0n) is 11.0. The standard InChI is InChI=1S/C16H19FN2/c1-2-18-8-7-11-3-5-15-13(9-11)14-10-12(17)4-6-16(14)19-15/h2,4,6,10-11,18-19H,1,3,5,7-9H2. The minimum Gasteiger partial charge on any atom is -0.391 e. The predicted molar refractivity (Wildman–Crippen MR) is 76.6 cm³/mol. The van der Waals surface area contributed by atoms with Crippen molar-refractivity contribution in [3.05, 3.63) is 48.1 Å². The molecule has 2 nitrogen and oxygen atoms in total. The normalized spacial score (nSPS) is 18.3. The molecule has 0 bridgehead atoms. The molecule has 0 spiro atoms. The molecule has 1 atom stereocenters. The summed E-state index contributed by atoms with van der Waals surface area (Å²) in [5, 5.41) is 4.22. The lowest BCUT2D eigenvalue weighted by molar-refractivity contribution is 0.423. The third-order valence-electron chi connectivity index (χ3n) is 4.09. The van der Waals surface area contributed by atoms with Crippen LogP contribution in [0, 0.1) is 11.7 Å². The maximum Gasteiger partial charge on any atom is 0.123 e. The van der Waals surface area contributed by atoms with Crippen molar-refractivity contribution >= 4 is 10.9 Å². The summed E-state index contributed by atoms with van der Waals surface area (Å²) in [6.45, 7) is 4.64. The Morgan fingerprint density at radius 1 is 1.47 bits per heavy atom. The molecular formula is C16H19FN2. The van der Waals surface area contributed by atoms with E-state index in [-0.39, 0.29) is 5.82 Å². The van der Waals surface area contributed by atoms with Crippen LogP contribution in [0.3, 0.4) is 0 Å². The van der Waals surface area contributed by atoms with Gasteiger partial charge in [0, 0.05) is 23.1 Å². The van der Waals surface area contributed by atoms with E-state index in [0.29, 0.717) is 5.92 Å². The molecule has 0 fully saturated rings. The third kappa shape index (κ3) is 2.37. The van der Waals surface area contributed by atoms with Gasteiger partial charge in [0.2, 0.25) is 0 Å². The minimum atomic E-state index is -0.148. The van der Waals surface area contributed by atoms with Crippen molar-refractivity contribution in [1.29, 1.82) is 0 Å². The Morgan fingerprint density at radius 2 is 2.37 bits per heavy atom. The fraction of sp³-hybridized carbons (Fsp3) is 0.375. The van der Waals surface area contributed by atoms with Crippen LogP contribution in [0.4, 0.5) is 4.39 Å². The Bertz CT molecular complexity index is 600. The second kappa shape index (κ2) is 5.08.